The fraction of sp³-hybridized carbons (Fsp3) is 0.571. The van der Waals surface area contributed by atoms with E-state index in [1.54, 1.807) is 7.11 Å². The first kappa shape index (κ1) is 13.8. The molecule has 0 aliphatic carbocycles. The lowest BCUT2D eigenvalue weighted by atomic mass is 9.95. The molecule has 1 fully saturated rings. The van der Waals surface area contributed by atoms with E-state index in [1.165, 1.54) is 5.56 Å². The largest absolute Gasteiger partial charge is 0.496 e. The first-order valence-corrected chi connectivity index (χ1v) is 7.07. The van der Waals surface area contributed by atoms with Gasteiger partial charge < -0.3 is 9.84 Å². The summed E-state index contributed by atoms with van der Waals surface area (Å²) in [5.41, 5.74) is 0.697. The van der Waals surface area contributed by atoms with E-state index in [-0.39, 0.29) is 0 Å². The van der Waals surface area contributed by atoms with Crippen molar-refractivity contribution in [2.45, 2.75) is 31.9 Å². The molecule has 1 aliphatic rings. The van der Waals surface area contributed by atoms with Gasteiger partial charge in [-0.15, -0.1) is 0 Å². The predicted molar refractivity (Wildman–Crippen MR) is 75.8 cm³/mol. The Morgan fingerprint density at radius 3 is 2.89 bits per heavy atom. The summed E-state index contributed by atoms with van der Waals surface area (Å²) in [5.74, 6) is 0.851. The first-order chi connectivity index (χ1) is 8.50. The van der Waals surface area contributed by atoms with E-state index < -0.39 is 5.60 Å². The minimum Gasteiger partial charge on any atom is -0.496 e. The summed E-state index contributed by atoms with van der Waals surface area (Å²) in [7, 11) is 1.67. The molecule has 0 spiro atoms. The van der Waals surface area contributed by atoms with E-state index in [1.807, 2.05) is 13.0 Å². The van der Waals surface area contributed by atoms with Gasteiger partial charge in [-0.05, 0) is 59.9 Å². The third-order valence-corrected chi connectivity index (χ3v) is 4.00. The number of rotatable bonds is 3. The van der Waals surface area contributed by atoms with Crippen molar-refractivity contribution in [2.24, 2.45) is 0 Å². The van der Waals surface area contributed by atoms with Crippen LogP contribution in [0.1, 0.15) is 25.3 Å². The van der Waals surface area contributed by atoms with Crippen LogP contribution in [-0.2, 0) is 6.54 Å². The molecular weight excluding hydrogens is 294 g/mol. The van der Waals surface area contributed by atoms with Gasteiger partial charge in [-0.25, -0.2) is 0 Å². The van der Waals surface area contributed by atoms with Crippen LogP contribution in [0, 0.1) is 0 Å². The Kier molecular flexibility index (Phi) is 4.30. The average Bonchev–Trinajstić information content (AvgIpc) is 2.28. The maximum Gasteiger partial charge on any atom is 0.133 e. The lowest BCUT2D eigenvalue weighted by Gasteiger charge is -2.36. The van der Waals surface area contributed by atoms with Gasteiger partial charge in [0.1, 0.15) is 5.75 Å². The third kappa shape index (κ3) is 3.46. The molecule has 1 aromatic rings. The standard InChI is InChI=1S/C14H20BrNO2/c1-14(17)6-3-7-16(10-14)9-11-4-5-13(18-2)12(15)8-11/h4-5,8,17H,3,6-7,9-10H2,1-2H3. The highest BCUT2D eigenvalue weighted by atomic mass is 79.9. The molecule has 1 aromatic carbocycles. The van der Waals surface area contributed by atoms with Crippen molar-refractivity contribution in [2.75, 3.05) is 20.2 Å². The summed E-state index contributed by atoms with van der Waals surface area (Å²) < 4.78 is 6.20. The molecule has 0 amide bonds. The van der Waals surface area contributed by atoms with Crippen LogP contribution < -0.4 is 4.74 Å². The number of piperidine rings is 1. The molecule has 4 heteroatoms. The molecule has 1 N–H and O–H groups in total. The van der Waals surface area contributed by atoms with Gasteiger partial charge in [-0.3, -0.25) is 4.90 Å². The minimum atomic E-state index is -0.540. The van der Waals surface area contributed by atoms with Crippen LogP contribution in [0.5, 0.6) is 5.75 Å². The fourth-order valence-corrected chi connectivity index (χ4v) is 3.11. The summed E-state index contributed by atoms with van der Waals surface area (Å²) >= 11 is 3.50. The molecule has 1 aliphatic heterocycles. The number of aliphatic hydroxyl groups is 1. The number of halogens is 1. The van der Waals surface area contributed by atoms with Gasteiger partial charge in [0.2, 0.25) is 0 Å². The first-order valence-electron chi connectivity index (χ1n) is 6.27. The Hall–Kier alpha value is -0.580. The molecule has 0 bridgehead atoms. The van der Waals surface area contributed by atoms with Gasteiger partial charge in [-0.1, -0.05) is 6.07 Å². The number of benzene rings is 1. The second-order valence-electron chi connectivity index (χ2n) is 5.28. The van der Waals surface area contributed by atoms with Gasteiger partial charge in [0, 0.05) is 13.1 Å². The summed E-state index contributed by atoms with van der Waals surface area (Å²) in [6, 6.07) is 6.14. The van der Waals surface area contributed by atoms with E-state index >= 15 is 0 Å². The summed E-state index contributed by atoms with van der Waals surface area (Å²) in [6.45, 7) is 4.60. The monoisotopic (exact) mass is 313 g/mol. The molecule has 3 nitrogen and oxygen atoms in total. The Morgan fingerprint density at radius 1 is 1.50 bits per heavy atom. The smallest absolute Gasteiger partial charge is 0.133 e. The van der Waals surface area contributed by atoms with E-state index in [4.69, 9.17) is 4.74 Å². The predicted octanol–water partition coefficient (Wildman–Crippen LogP) is 2.80. The van der Waals surface area contributed by atoms with Crippen molar-refractivity contribution in [3.05, 3.63) is 28.2 Å². The molecule has 18 heavy (non-hydrogen) atoms. The average molecular weight is 314 g/mol. The number of β-amino-alcohol motifs (C(OH)–C–C–N with tert-alkyl or cyclic N) is 1. The SMILES string of the molecule is COc1ccc(CN2CCCC(C)(O)C2)cc1Br. The topological polar surface area (TPSA) is 32.7 Å². The lowest BCUT2D eigenvalue weighted by molar-refractivity contribution is -0.0181. The van der Waals surface area contributed by atoms with Crippen molar-refractivity contribution in [3.63, 3.8) is 0 Å². The number of hydrogen-bond acceptors (Lipinski definition) is 3. The molecule has 0 aromatic heterocycles. The summed E-state index contributed by atoms with van der Waals surface area (Å²) in [6.07, 6.45) is 1.96. The van der Waals surface area contributed by atoms with Crippen LogP contribution in [0.2, 0.25) is 0 Å². The number of likely N-dealkylation sites (tertiary alicyclic amines) is 1. The Labute approximate surface area is 117 Å². The third-order valence-electron chi connectivity index (χ3n) is 3.38. The molecule has 0 radical (unpaired) electrons. The van der Waals surface area contributed by atoms with E-state index in [0.29, 0.717) is 0 Å². The normalized spacial score (nSPS) is 25.1. The summed E-state index contributed by atoms with van der Waals surface area (Å²) in [4.78, 5) is 2.30. The summed E-state index contributed by atoms with van der Waals surface area (Å²) in [5, 5.41) is 10.1. The van der Waals surface area contributed by atoms with Gasteiger partial charge >= 0.3 is 0 Å². The highest BCUT2D eigenvalue weighted by Gasteiger charge is 2.28. The maximum atomic E-state index is 10.1. The van der Waals surface area contributed by atoms with Gasteiger partial charge in [0.15, 0.2) is 0 Å². The van der Waals surface area contributed by atoms with E-state index in [2.05, 4.69) is 33.0 Å². The molecule has 1 saturated heterocycles. The van der Waals surface area contributed by atoms with Crippen molar-refractivity contribution in [1.82, 2.24) is 4.90 Å². The Balaban J connectivity index is 2.03. The minimum absolute atomic E-state index is 0.540. The quantitative estimate of drug-likeness (QED) is 0.931. The zero-order valence-electron chi connectivity index (χ0n) is 10.9. The van der Waals surface area contributed by atoms with Crippen molar-refractivity contribution >= 4 is 15.9 Å². The molecule has 1 heterocycles. The maximum absolute atomic E-state index is 10.1. The van der Waals surface area contributed by atoms with Crippen molar-refractivity contribution in [3.8, 4) is 5.75 Å². The van der Waals surface area contributed by atoms with E-state index in [0.717, 1.165) is 42.7 Å². The molecule has 0 saturated carbocycles. The van der Waals surface area contributed by atoms with Crippen LogP contribution in [0.4, 0.5) is 0 Å². The number of nitrogens with zero attached hydrogens (tertiary/aromatic N) is 1. The highest BCUT2D eigenvalue weighted by Crippen LogP contribution is 2.27. The van der Waals surface area contributed by atoms with Crippen LogP contribution in [0.25, 0.3) is 0 Å². The second kappa shape index (κ2) is 5.59. The molecule has 1 unspecified atom stereocenters. The van der Waals surface area contributed by atoms with Crippen LogP contribution in [-0.4, -0.2) is 35.8 Å². The lowest BCUT2D eigenvalue weighted by Crippen LogP contribution is -2.45. The Morgan fingerprint density at radius 2 is 2.28 bits per heavy atom. The molecule has 1 atom stereocenters. The Bertz CT molecular complexity index is 420. The number of hydrogen-bond donors (Lipinski definition) is 1. The molecular formula is C14H20BrNO2. The fourth-order valence-electron chi connectivity index (χ4n) is 2.52. The molecule has 100 valence electrons. The van der Waals surface area contributed by atoms with Crippen molar-refractivity contribution in [1.29, 1.82) is 0 Å². The van der Waals surface area contributed by atoms with Crippen LogP contribution in [0.3, 0.4) is 0 Å². The van der Waals surface area contributed by atoms with E-state index in [9.17, 15) is 5.11 Å². The highest BCUT2D eigenvalue weighted by molar-refractivity contribution is 9.10. The van der Waals surface area contributed by atoms with Crippen LogP contribution in [0.15, 0.2) is 22.7 Å². The zero-order chi connectivity index (χ0) is 13.2. The number of ether oxygens (including phenoxy) is 1. The van der Waals surface area contributed by atoms with Crippen molar-refractivity contribution < 1.29 is 9.84 Å². The van der Waals surface area contributed by atoms with Gasteiger partial charge in [0.25, 0.3) is 0 Å². The molecule has 2 rings (SSSR count). The zero-order valence-corrected chi connectivity index (χ0v) is 12.5. The van der Waals surface area contributed by atoms with Crippen LogP contribution >= 0.6 is 15.9 Å². The van der Waals surface area contributed by atoms with Gasteiger partial charge in [-0.2, -0.15) is 0 Å². The second-order valence-corrected chi connectivity index (χ2v) is 6.13. The number of methoxy groups -OCH3 is 1. The van der Waals surface area contributed by atoms with Gasteiger partial charge in [0.05, 0.1) is 17.2 Å².